The van der Waals surface area contributed by atoms with E-state index in [1.54, 1.807) is 24.0 Å². The summed E-state index contributed by atoms with van der Waals surface area (Å²) < 4.78 is 5.03. The molecular weight excluding hydrogens is 422 g/mol. The van der Waals surface area contributed by atoms with Crippen molar-refractivity contribution in [3.63, 3.8) is 0 Å². The Labute approximate surface area is 192 Å². The van der Waals surface area contributed by atoms with Crippen LogP contribution < -0.4 is 5.32 Å². The van der Waals surface area contributed by atoms with Gasteiger partial charge in [-0.15, -0.1) is 0 Å². The molecule has 0 aliphatic carbocycles. The summed E-state index contributed by atoms with van der Waals surface area (Å²) in [6.45, 7) is 4.90. The lowest BCUT2D eigenvalue weighted by Crippen LogP contribution is -2.48. The summed E-state index contributed by atoms with van der Waals surface area (Å²) in [4.78, 5) is 53.7. The molecule has 2 aromatic carbocycles. The fourth-order valence-corrected chi connectivity index (χ4v) is 4.40. The fraction of sp³-hybridized carbons (Fsp3) is 0.360. The van der Waals surface area contributed by atoms with Gasteiger partial charge in [0.05, 0.1) is 17.7 Å². The Morgan fingerprint density at radius 3 is 2.39 bits per heavy atom. The van der Waals surface area contributed by atoms with Crippen molar-refractivity contribution in [2.45, 2.75) is 39.2 Å². The number of hydrogen-bond donors (Lipinski definition) is 1. The number of amides is 4. The van der Waals surface area contributed by atoms with E-state index in [9.17, 15) is 19.2 Å². The highest BCUT2D eigenvalue weighted by atomic mass is 16.6. The maximum Gasteiger partial charge on any atom is 0.409 e. The van der Waals surface area contributed by atoms with Crippen LogP contribution in [0.2, 0.25) is 0 Å². The molecule has 2 aliphatic heterocycles. The fourth-order valence-electron chi connectivity index (χ4n) is 4.40. The second kappa shape index (κ2) is 9.44. The quantitative estimate of drug-likeness (QED) is 0.702. The first-order chi connectivity index (χ1) is 15.9. The average molecular weight is 450 g/mol. The molecule has 8 nitrogen and oxygen atoms in total. The number of hydrogen-bond acceptors (Lipinski definition) is 5. The summed E-state index contributed by atoms with van der Waals surface area (Å²) in [5, 5.41) is 2.90. The lowest BCUT2D eigenvalue weighted by Gasteiger charge is -2.35. The SMILES string of the molecule is CCOC(=O)N1CCC(N2C(=O)c3ccc(C(=O)Nc4ccccc4CC)cc3C2=O)CC1. The van der Waals surface area contributed by atoms with Gasteiger partial charge in [-0.25, -0.2) is 4.79 Å². The number of piperidine rings is 1. The molecule has 172 valence electrons. The van der Waals surface area contributed by atoms with E-state index in [1.807, 2.05) is 31.2 Å². The van der Waals surface area contributed by atoms with Crippen LogP contribution in [0.15, 0.2) is 42.5 Å². The molecule has 0 saturated carbocycles. The third kappa shape index (κ3) is 4.33. The van der Waals surface area contributed by atoms with Crippen molar-refractivity contribution in [2.75, 3.05) is 25.0 Å². The van der Waals surface area contributed by atoms with Crippen LogP contribution in [0.1, 0.15) is 63.3 Å². The van der Waals surface area contributed by atoms with Crippen LogP contribution in [0, 0.1) is 0 Å². The second-order valence-electron chi connectivity index (χ2n) is 8.12. The predicted molar refractivity (Wildman–Crippen MR) is 122 cm³/mol. The zero-order valence-corrected chi connectivity index (χ0v) is 18.8. The standard InChI is InChI=1S/C25H27N3O5/c1-3-16-7-5-6-8-21(16)26-22(29)17-9-10-19-20(15-17)24(31)28(23(19)30)18-11-13-27(14-12-18)25(32)33-4-2/h5-10,15,18H,3-4,11-14H2,1-2H3,(H,26,29). The Kier molecular flexibility index (Phi) is 6.44. The molecule has 4 rings (SSSR count). The minimum Gasteiger partial charge on any atom is -0.450 e. The van der Waals surface area contributed by atoms with E-state index in [4.69, 9.17) is 4.74 Å². The number of benzene rings is 2. The first-order valence-electron chi connectivity index (χ1n) is 11.3. The van der Waals surface area contributed by atoms with Crippen LogP contribution in [0.3, 0.4) is 0 Å². The molecule has 0 atom stereocenters. The van der Waals surface area contributed by atoms with Gasteiger partial charge in [0.1, 0.15) is 0 Å². The van der Waals surface area contributed by atoms with E-state index in [0.29, 0.717) is 43.7 Å². The molecule has 0 radical (unpaired) electrons. The third-order valence-corrected chi connectivity index (χ3v) is 6.18. The van der Waals surface area contributed by atoms with Crippen LogP contribution in [-0.4, -0.2) is 59.4 Å². The Balaban J connectivity index is 1.48. The number of anilines is 1. The van der Waals surface area contributed by atoms with Crippen LogP contribution in [0.5, 0.6) is 0 Å². The van der Waals surface area contributed by atoms with Gasteiger partial charge in [0, 0.05) is 30.4 Å². The van der Waals surface area contributed by atoms with Gasteiger partial charge in [0.2, 0.25) is 0 Å². The second-order valence-corrected chi connectivity index (χ2v) is 8.12. The van der Waals surface area contributed by atoms with Gasteiger partial charge in [-0.1, -0.05) is 25.1 Å². The number of likely N-dealkylation sites (tertiary alicyclic amines) is 1. The number of fused-ring (bicyclic) bond motifs is 1. The molecule has 1 fully saturated rings. The van der Waals surface area contributed by atoms with Crippen LogP contribution in [0.4, 0.5) is 10.5 Å². The summed E-state index contributed by atoms with van der Waals surface area (Å²) in [6.07, 6.45) is 1.38. The molecule has 4 amide bonds. The van der Waals surface area contributed by atoms with Crippen molar-refractivity contribution in [2.24, 2.45) is 0 Å². The van der Waals surface area contributed by atoms with Gasteiger partial charge < -0.3 is 15.0 Å². The van der Waals surface area contributed by atoms with Crippen molar-refractivity contribution in [3.8, 4) is 0 Å². The Morgan fingerprint density at radius 2 is 1.70 bits per heavy atom. The number of imide groups is 1. The highest BCUT2D eigenvalue weighted by molar-refractivity contribution is 6.22. The van der Waals surface area contributed by atoms with Gasteiger partial charge in [0.15, 0.2) is 0 Å². The molecular formula is C25H27N3O5. The molecule has 0 aromatic heterocycles. The number of carbonyl (C=O) groups is 4. The number of aryl methyl sites for hydroxylation is 1. The molecule has 2 heterocycles. The Morgan fingerprint density at radius 1 is 1.00 bits per heavy atom. The summed E-state index contributed by atoms with van der Waals surface area (Å²) in [5.41, 5.74) is 2.60. The topological polar surface area (TPSA) is 96.0 Å². The summed E-state index contributed by atoms with van der Waals surface area (Å²) in [6, 6.07) is 11.9. The van der Waals surface area contributed by atoms with Gasteiger partial charge >= 0.3 is 6.09 Å². The maximum absolute atomic E-state index is 13.1. The van der Waals surface area contributed by atoms with E-state index in [0.717, 1.165) is 17.7 Å². The molecule has 33 heavy (non-hydrogen) atoms. The molecule has 2 aromatic rings. The lowest BCUT2D eigenvalue weighted by molar-refractivity contribution is 0.0485. The number of nitrogens with one attached hydrogen (secondary N) is 1. The number of nitrogens with zero attached hydrogens (tertiary/aromatic N) is 2. The summed E-state index contributed by atoms with van der Waals surface area (Å²) >= 11 is 0. The lowest BCUT2D eigenvalue weighted by atomic mass is 10.0. The highest BCUT2D eigenvalue weighted by Crippen LogP contribution is 2.30. The molecule has 8 heteroatoms. The molecule has 1 saturated heterocycles. The molecule has 0 unspecified atom stereocenters. The normalized spacial score (nSPS) is 16.1. The van der Waals surface area contributed by atoms with Crippen molar-refractivity contribution in [1.29, 1.82) is 0 Å². The molecule has 2 aliphatic rings. The van der Waals surface area contributed by atoms with E-state index < -0.39 is 5.91 Å². The van der Waals surface area contributed by atoms with E-state index >= 15 is 0 Å². The third-order valence-electron chi connectivity index (χ3n) is 6.18. The predicted octanol–water partition coefficient (Wildman–Crippen LogP) is 3.72. The molecule has 0 bridgehead atoms. The minimum absolute atomic E-state index is 0.240. The number of carbonyl (C=O) groups excluding carboxylic acids is 4. The number of rotatable bonds is 5. The monoisotopic (exact) mass is 449 g/mol. The van der Waals surface area contributed by atoms with E-state index in [2.05, 4.69) is 5.32 Å². The average Bonchev–Trinajstić information content (AvgIpc) is 3.09. The summed E-state index contributed by atoms with van der Waals surface area (Å²) in [7, 11) is 0. The maximum atomic E-state index is 13.1. The van der Waals surface area contributed by atoms with Crippen molar-refractivity contribution in [3.05, 3.63) is 64.7 Å². The van der Waals surface area contributed by atoms with Crippen molar-refractivity contribution < 1.29 is 23.9 Å². The van der Waals surface area contributed by atoms with E-state index in [1.165, 1.54) is 11.0 Å². The number of ether oxygens (including phenoxy) is 1. The highest BCUT2D eigenvalue weighted by Gasteiger charge is 2.41. The first kappa shape index (κ1) is 22.5. The molecule has 1 N–H and O–H groups in total. The zero-order chi connectivity index (χ0) is 23.5. The number of para-hydroxylation sites is 1. The van der Waals surface area contributed by atoms with Gasteiger partial charge in [-0.05, 0) is 56.0 Å². The van der Waals surface area contributed by atoms with Gasteiger partial charge in [-0.2, -0.15) is 0 Å². The van der Waals surface area contributed by atoms with E-state index in [-0.39, 0.29) is 29.5 Å². The van der Waals surface area contributed by atoms with Crippen LogP contribution in [-0.2, 0) is 11.2 Å². The summed E-state index contributed by atoms with van der Waals surface area (Å²) in [5.74, 6) is -1.08. The molecule has 0 spiro atoms. The Hall–Kier alpha value is -3.68. The first-order valence-corrected chi connectivity index (χ1v) is 11.3. The van der Waals surface area contributed by atoms with Gasteiger partial charge in [-0.3, -0.25) is 19.3 Å². The largest absolute Gasteiger partial charge is 0.450 e. The van der Waals surface area contributed by atoms with Crippen molar-refractivity contribution >= 4 is 29.5 Å². The van der Waals surface area contributed by atoms with Crippen LogP contribution in [0.25, 0.3) is 0 Å². The zero-order valence-electron chi connectivity index (χ0n) is 18.8. The van der Waals surface area contributed by atoms with Crippen molar-refractivity contribution in [1.82, 2.24) is 9.80 Å². The Bertz CT molecular complexity index is 1100. The smallest absolute Gasteiger partial charge is 0.409 e. The van der Waals surface area contributed by atoms with Crippen LogP contribution >= 0.6 is 0 Å². The van der Waals surface area contributed by atoms with Gasteiger partial charge in [0.25, 0.3) is 17.7 Å². The minimum atomic E-state index is -0.395.